The molecule has 0 fully saturated rings. The second-order valence-corrected chi connectivity index (χ2v) is 5.75. The number of benzene rings is 1. The molecule has 0 aromatic heterocycles. The van der Waals surface area contributed by atoms with Gasteiger partial charge in [-0.3, -0.25) is 0 Å². The molecule has 0 unspecified atom stereocenters. The Morgan fingerprint density at radius 2 is 1.67 bits per heavy atom. The minimum Gasteiger partial charge on any atom is -0.494 e. The Hall–Kier alpha value is -1.07. The number of nitrogens with one attached hydrogen (secondary N) is 1. The van der Waals surface area contributed by atoms with E-state index in [0.29, 0.717) is 12.4 Å². The molecule has 0 atom stereocenters. The fraction of sp³-hybridized carbons (Fsp3) is 0.538. The molecule has 102 valence electrons. The Balaban J connectivity index is 2.84. The summed E-state index contributed by atoms with van der Waals surface area (Å²) in [5.41, 5.74) is 0. The van der Waals surface area contributed by atoms with E-state index in [1.54, 1.807) is 24.3 Å². The largest absolute Gasteiger partial charge is 0.494 e. The summed E-state index contributed by atoms with van der Waals surface area (Å²) in [6.45, 7) is 6.39. The highest BCUT2D eigenvalue weighted by atomic mass is 32.2. The standard InChI is InChI=1S/C13H21NO3S/c1-4-11(5-2)14-18(15,16)13-9-7-12(8-10-13)17-6-3/h7-11,14H,4-6H2,1-3H3. The summed E-state index contributed by atoms with van der Waals surface area (Å²) in [4.78, 5) is 0.276. The lowest BCUT2D eigenvalue weighted by Crippen LogP contribution is -2.33. The predicted molar refractivity (Wildman–Crippen MR) is 72.3 cm³/mol. The van der Waals surface area contributed by atoms with Gasteiger partial charge in [-0.05, 0) is 44.0 Å². The highest BCUT2D eigenvalue weighted by Crippen LogP contribution is 2.16. The van der Waals surface area contributed by atoms with E-state index in [1.165, 1.54) is 0 Å². The summed E-state index contributed by atoms with van der Waals surface area (Å²) < 4.78 is 32.1. The van der Waals surface area contributed by atoms with Crippen molar-refractivity contribution in [2.24, 2.45) is 0 Å². The third-order valence-electron chi connectivity index (χ3n) is 2.75. The van der Waals surface area contributed by atoms with Crippen LogP contribution in [0.25, 0.3) is 0 Å². The van der Waals surface area contributed by atoms with Crippen molar-refractivity contribution in [3.05, 3.63) is 24.3 Å². The first-order valence-electron chi connectivity index (χ1n) is 6.28. The fourth-order valence-electron chi connectivity index (χ4n) is 1.62. The van der Waals surface area contributed by atoms with E-state index in [9.17, 15) is 8.42 Å². The Morgan fingerprint density at radius 3 is 2.11 bits per heavy atom. The van der Waals surface area contributed by atoms with Crippen LogP contribution in [-0.2, 0) is 10.0 Å². The highest BCUT2D eigenvalue weighted by Gasteiger charge is 2.17. The minimum absolute atomic E-state index is 0.0124. The van der Waals surface area contributed by atoms with E-state index in [2.05, 4.69) is 4.72 Å². The molecule has 0 spiro atoms. The van der Waals surface area contributed by atoms with Crippen molar-refractivity contribution in [3.63, 3.8) is 0 Å². The van der Waals surface area contributed by atoms with Crippen molar-refractivity contribution >= 4 is 10.0 Å². The van der Waals surface area contributed by atoms with Gasteiger partial charge in [0.1, 0.15) is 5.75 Å². The minimum atomic E-state index is -3.42. The SMILES string of the molecule is CCOc1ccc(S(=O)(=O)NC(CC)CC)cc1. The number of hydrogen-bond donors (Lipinski definition) is 1. The van der Waals surface area contributed by atoms with Gasteiger partial charge < -0.3 is 4.74 Å². The Morgan fingerprint density at radius 1 is 1.11 bits per heavy atom. The second-order valence-electron chi connectivity index (χ2n) is 4.04. The van der Waals surface area contributed by atoms with Crippen molar-refractivity contribution in [1.82, 2.24) is 4.72 Å². The van der Waals surface area contributed by atoms with Gasteiger partial charge in [0.2, 0.25) is 10.0 Å². The summed E-state index contributed by atoms with van der Waals surface area (Å²) in [6.07, 6.45) is 1.57. The van der Waals surface area contributed by atoms with Crippen LogP contribution in [0.15, 0.2) is 29.2 Å². The van der Waals surface area contributed by atoms with Crippen molar-refractivity contribution in [2.45, 2.75) is 44.6 Å². The third-order valence-corrected chi connectivity index (χ3v) is 4.29. The van der Waals surface area contributed by atoms with Gasteiger partial charge in [0.15, 0.2) is 0 Å². The van der Waals surface area contributed by atoms with Gasteiger partial charge in [0.25, 0.3) is 0 Å². The van der Waals surface area contributed by atoms with Gasteiger partial charge in [0, 0.05) is 6.04 Å². The Kier molecular flexibility index (Phi) is 5.62. The van der Waals surface area contributed by atoms with Gasteiger partial charge in [-0.2, -0.15) is 0 Å². The number of rotatable bonds is 7. The van der Waals surface area contributed by atoms with Crippen molar-refractivity contribution in [1.29, 1.82) is 0 Å². The Bertz CT molecular complexity index is 450. The zero-order valence-electron chi connectivity index (χ0n) is 11.1. The van der Waals surface area contributed by atoms with Crippen LogP contribution in [0.3, 0.4) is 0 Å². The Labute approximate surface area is 109 Å². The predicted octanol–water partition coefficient (Wildman–Crippen LogP) is 2.55. The van der Waals surface area contributed by atoms with Gasteiger partial charge in [-0.1, -0.05) is 13.8 Å². The normalized spacial score (nSPS) is 11.8. The first-order chi connectivity index (χ1) is 8.53. The summed E-state index contributed by atoms with van der Waals surface area (Å²) in [7, 11) is -3.42. The number of sulfonamides is 1. The molecule has 1 rings (SSSR count). The van der Waals surface area contributed by atoms with Crippen LogP contribution in [0.4, 0.5) is 0 Å². The summed E-state index contributed by atoms with van der Waals surface area (Å²) in [6, 6.07) is 6.46. The van der Waals surface area contributed by atoms with E-state index in [-0.39, 0.29) is 10.9 Å². The zero-order chi connectivity index (χ0) is 13.6. The molecule has 0 saturated carbocycles. The van der Waals surface area contributed by atoms with Crippen molar-refractivity contribution in [2.75, 3.05) is 6.61 Å². The van der Waals surface area contributed by atoms with Crippen molar-refractivity contribution in [3.8, 4) is 5.75 Å². The summed E-state index contributed by atoms with van der Waals surface area (Å²) in [5, 5.41) is 0. The molecule has 0 saturated heterocycles. The van der Waals surface area contributed by atoms with Gasteiger partial charge >= 0.3 is 0 Å². The maximum atomic E-state index is 12.1. The van der Waals surface area contributed by atoms with E-state index < -0.39 is 10.0 Å². The third kappa shape index (κ3) is 3.99. The topological polar surface area (TPSA) is 55.4 Å². The average Bonchev–Trinajstić information content (AvgIpc) is 2.37. The molecular formula is C13H21NO3S. The summed E-state index contributed by atoms with van der Waals surface area (Å²) in [5.74, 6) is 0.680. The first kappa shape index (κ1) is 15.0. The van der Waals surface area contributed by atoms with Crippen LogP contribution in [-0.4, -0.2) is 21.1 Å². The lowest BCUT2D eigenvalue weighted by atomic mass is 10.2. The van der Waals surface area contributed by atoms with E-state index in [1.807, 2.05) is 20.8 Å². The lowest BCUT2D eigenvalue weighted by Gasteiger charge is -2.15. The van der Waals surface area contributed by atoms with Gasteiger partial charge in [-0.25, -0.2) is 13.1 Å². The first-order valence-corrected chi connectivity index (χ1v) is 7.77. The highest BCUT2D eigenvalue weighted by molar-refractivity contribution is 7.89. The van der Waals surface area contributed by atoms with Crippen LogP contribution >= 0.6 is 0 Å². The molecule has 4 nitrogen and oxygen atoms in total. The number of hydrogen-bond acceptors (Lipinski definition) is 3. The molecular weight excluding hydrogens is 250 g/mol. The zero-order valence-corrected chi connectivity index (χ0v) is 12.0. The number of ether oxygens (including phenoxy) is 1. The molecule has 0 aliphatic carbocycles. The molecule has 0 amide bonds. The monoisotopic (exact) mass is 271 g/mol. The van der Waals surface area contributed by atoms with E-state index in [4.69, 9.17) is 4.74 Å². The van der Waals surface area contributed by atoms with Crippen LogP contribution in [0.1, 0.15) is 33.6 Å². The van der Waals surface area contributed by atoms with Crippen LogP contribution < -0.4 is 9.46 Å². The quantitative estimate of drug-likeness (QED) is 0.829. The molecule has 0 radical (unpaired) electrons. The van der Waals surface area contributed by atoms with Crippen LogP contribution in [0.5, 0.6) is 5.75 Å². The molecule has 18 heavy (non-hydrogen) atoms. The van der Waals surface area contributed by atoms with Crippen molar-refractivity contribution < 1.29 is 13.2 Å². The molecule has 1 aromatic rings. The molecule has 0 bridgehead atoms. The lowest BCUT2D eigenvalue weighted by molar-refractivity contribution is 0.340. The smallest absolute Gasteiger partial charge is 0.240 e. The fourth-order valence-corrected chi connectivity index (χ4v) is 3.03. The van der Waals surface area contributed by atoms with Gasteiger partial charge in [0.05, 0.1) is 11.5 Å². The molecule has 0 aliphatic rings. The molecule has 1 N–H and O–H groups in total. The summed E-state index contributed by atoms with van der Waals surface area (Å²) >= 11 is 0. The van der Waals surface area contributed by atoms with Crippen LogP contribution in [0, 0.1) is 0 Å². The molecule has 1 aromatic carbocycles. The van der Waals surface area contributed by atoms with E-state index >= 15 is 0 Å². The maximum absolute atomic E-state index is 12.1. The average molecular weight is 271 g/mol. The van der Waals surface area contributed by atoms with Crippen LogP contribution in [0.2, 0.25) is 0 Å². The molecule has 0 aliphatic heterocycles. The maximum Gasteiger partial charge on any atom is 0.240 e. The second kappa shape index (κ2) is 6.75. The molecule has 0 heterocycles. The van der Waals surface area contributed by atoms with Gasteiger partial charge in [-0.15, -0.1) is 0 Å². The molecule has 5 heteroatoms. The van der Waals surface area contributed by atoms with E-state index in [0.717, 1.165) is 12.8 Å².